The maximum absolute atomic E-state index is 12.3. The van der Waals surface area contributed by atoms with Crippen molar-refractivity contribution in [2.75, 3.05) is 12.4 Å². The Balaban J connectivity index is 2.30. The molecule has 0 bridgehead atoms. The van der Waals surface area contributed by atoms with Crippen molar-refractivity contribution in [3.63, 3.8) is 0 Å². The highest BCUT2D eigenvalue weighted by Gasteiger charge is 2.13. The first kappa shape index (κ1) is 14.9. The molecule has 3 nitrogen and oxygen atoms in total. The SMILES string of the molecule is COc1cc(Cl)ccc1C(=O)Nc1cc(Br)ccc1C. The number of carbonyl (C=O) groups excluding carboxylic acids is 1. The Labute approximate surface area is 131 Å². The number of nitrogens with one attached hydrogen (secondary N) is 1. The average molecular weight is 355 g/mol. The highest BCUT2D eigenvalue weighted by molar-refractivity contribution is 9.10. The predicted molar refractivity (Wildman–Crippen MR) is 84.8 cm³/mol. The normalized spacial score (nSPS) is 10.2. The number of methoxy groups -OCH3 is 1. The van der Waals surface area contributed by atoms with Crippen LogP contribution < -0.4 is 10.1 Å². The molecule has 0 saturated carbocycles. The van der Waals surface area contributed by atoms with Gasteiger partial charge in [-0.3, -0.25) is 4.79 Å². The van der Waals surface area contributed by atoms with Crippen molar-refractivity contribution in [3.8, 4) is 5.75 Å². The summed E-state index contributed by atoms with van der Waals surface area (Å²) >= 11 is 9.28. The summed E-state index contributed by atoms with van der Waals surface area (Å²) < 4.78 is 6.09. The second-order valence-electron chi connectivity index (χ2n) is 4.26. The van der Waals surface area contributed by atoms with Crippen molar-refractivity contribution in [2.45, 2.75) is 6.92 Å². The van der Waals surface area contributed by atoms with E-state index in [-0.39, 0.29) is 5.91 Å². The summed E-state index contributed by atoms with van der Waals surface area (Å²) in [6, 6.07) is 10.6. The summed E-state index contributed by atoms with van der Waals surface area (Å²) in [5, 5.41) is 3.39. The van der Waals surface area contributed by atoms with Crippen molar-refractivity contribution in [1.82, 2.24) is 0 Å². The van der Waals surface area contributed by atoms with E-state index >= 15 is 0 Å². The van der Waals surface area contributed by atoms with Crippen LogP contribution in [0.1, 0.15) is 15.9 Å². The number of benzene rings is 2. The van der Waals surface area contributed by atoms with Crippen LogP contribution >= 0.6 is 27.5 Å². The van der Waals surface area contributed by atoms with Crippen molar-refractivity contribution in [2.24, 2.45) is 0 Å². The molecule has 0 aliphatic heterocycles. The lowest BCUT2D eigenvalue weighted by Gasteiger charge is -2.11. The summed E-state index contributed by atoms with van der Waals surface area (Å²) in [5.74, 6) is 0.211. The topological polar surface area (TPSA) is 38.3 Å². The second-order valence-corrected chi connectivity index (χ2v) is 5.61. The van der Waals surface area contributed by atoms with Gasteiger partial charge < -0.3 is 10.1 Å². The zero-order valence-electron chi connectivity index (χ0n) is 11.0. The van der Waals surface area contributed by atoms with E-state index in [2.05, 4.69) is 21.2 Å². The van der Waals surface area contributed by atoms with E-state index in [0.29, 0.717) is 16.3 Å². The highest BCUT2D eigenvalue weighted by Crippen LogP contribution is 2.26. The number of carbonyl (C=O) groups is 1. The van der Waals surface area contributed by atoms with Gasteiger partial charge in [0.15, 0.2) is 0 Å². The Kier molecular flexibility index (Phi) is 4.68. The fourth-order valence-corrected chi connectivity index (χ4v) is 2.29. The van der Waals surface area contributed by atoms with E-state index in [0.717, 1.165) is 15.7 Å². The lowest BCUT2D eigenvalue weighted by molar-refractivity contribution is 0.102. The first-order valence-corrected chi connectivity index (χ1v) is 7.09. The first-order valence-electron chi connectivity index (χ1n) is 5.92. The number of rotatable bonds is 3. The lowest BCUT2D eigenvalue weighted by atomic mass is 10.1. The molecule has 2 aromatic rings. The molecular weight excluding hydrogens is 342 g/mol. The molecule has 0 aliphatic carbocycles. The minimum absolute atomic E-state index is 0.236. The van der Waals surface area contributed by atoms with E-state index in [4.69, 9.17) is 16.3 Å². The Morgan fingerprint density at radius 1 is 1.25 bits per heavy atom. The number of anilines is 1. The van der Waals surface area contributed by atoms with Crippen molar-refractivity contribution in [1.29, 1.82) is 0 Å². The summed E-state index contributed by atoms with van der Waals surface area (Å²) in [7, 11) is 1.51. The van der Waals surface area contributed by atoms with Gasteiger partial charge in [-0.05, 0) is 42.8 Å². The fraction of sp³-hybridized carbons (Fsp3) is 0.133. The highest BCUT2D eigenvalue weighted by atomic mass is 79.9. The molecule has 5 heteroatoms. The molecule has 0 aromatic heterocycles. The number of amides is 1. The minimum Gasteiger partial charge on any atom is -0.496 e. The van der Waals surface area contributed by atoms with E-state index in [1.54, 1.807) is 18.2 Å². The van der Waals surface area contributed by atoms with Gasteiger partial charge in [-0.25, -0.2) is 0 Å². The maximum atomic E-state index is 12.3. The van der Waals surface area contributed by atoms with Gasteiger partial charge in [0.1, 0.15) is 5.75 Å². The Hall–Kier alpha value is -1.52. The summed E-state index contributed by atoms with van der Waals surface area (Å²) in [6.45, 7) is 1.93. The number of ether oxygens (including phenoxy) is 1. The Bertz CT molecular complexity index is 658. The van der Waals surface area contributed by atoms with E-state index in [1.807, 2.05) is 25.1 Å². The molecule has 0 unspecified atom stereocenters. The molecule has 1 N–H and O–H groups in total. The van der Waals surface area contributed by atoms with Crippen LogP contribution in [0.3, 0.4) is 0 Å². The van der Waals surface area contributed by atoms with E-state index in [9.17, 15) is 4.79 Å². The van der Waals surface area contributed by atoms with Crippen LogP contribution in [0.25, 0.3) is 0 Å². The molecule has 1 amide bonds. The number of halogens is 2. The third-order valence-corrected chi connectivity index (χ3v) is 3.58. The Morgan fingerprint density at radius 3 is 2.70 bits per heavy atom. The molecule has 2 rings (SSSR count). The third-order valence-electron chi connectivity index (χ3n) is 2.86. The zero-order valence-corrected chi connectivity index (χ0v) is 13.4. The van der Waals surface area contributed by atoms with Crippen LogP contribution in [-0.2, 0) is 0 Å². The molecule has 0 atom stereocenters. The van der Waals surface area contributed by atoms with Gasteiger partial charge in [0, 0.05) is 15.2 Å². The zero-order chi connectivity index (χ0) is 14.7. The Morgan fingerprint density at radius 2 is 2.00 bits per heavy atom. The van der Waals surface area contributed by atoms with E-state index < -0.39 is 0 Å². The largest absolute Gasteiger partial charge is 0.496 e. The van der Waals surface area contributed by atoms with Gasteiger partial charge in [0.25, 0.3) is 5.91 Å². The van der Waals surface area contributed by atoms with Crippen LogP contribution in [0.2, 0.25) is 5.02 Å². The molecule has 0 radical (unpaired) electrons. The molecule has 0 heterocycles. The van der Waals surface area contributed by atoms with Crippen LogP contribution in [0.4, 0.5) is 5.69 Å². The summed E-state index contributed by atoms with van der Waals surface area (Å²) in [4.78, 5) is 12.3. The molecule has 0 aliphatic rings. The standard InChI is InChI=1S/C15H13BrClNO2/c1-9-3-4-10(16)7-13(9)18-15(19)12-6-5-11(17)8-14(12)20-2/h3-8H,1-2H3,(H,18,19). The van der Waals surface area contributed by atoms with Crippen LogP contribution in [-0.4, -0.2) is 13.0 Å². The quantitative estimate of drug-likeness (QED) is 0.869. The van der Waals surface area contributed by atoms with Crippen molar-refractivity contribution in [3.05, 3.63) is 57.0 Å². The van der Waals surface area contributed by atoms with Crippen molar-refractivity contribution >= 4 is 39.1 Å². The van der Waals surface area contributed by atoms with Crippen LogP contribution in [0.15, 0.2) is 40.9 Å². The monoisotopic (exact) mass is 353 g/mol. The lowest BCUT2D eigenvalue weighted by Crippen LogP contribution is -2.14. The van der Waals surface area contributed by atoms with E-state index in [1.165, 1.54) is 7.11 Å². The third kappa shape index (κ3) is 3.32. The molecular formula is C15H13BrClNO2. The van der Waals surface area contributed by atoms with Crippen molar-refractivity contribution < 1.29 is 9.53 Å². The van der Waals surface area contributed by atoms with Gasteiger partial charge in [0.2, 0.25) is 0 Å². The molecule has 20 heavy (non-hydrogen) atoms. The molecule has 0 fully saturated rings. The predicted octanol–water partition coefficient (Wildman–Crippen LogP) is 4.67. The van der Waals surface area contributed by atoms with Crippen LogP contribution in [0.5, 0.6) is 5.75 Å². The summed E-state index contributed by atoms with van der Waals surface area (Å²) in [5.41, 5.74) is 2.17. The molecule has 0 spiro atoms. The number of hydrogen-bond donors (Lipinski definition) is 1. The smallest absolute Gasteiger partial charge is 0.259 e. The average Bonchev–Trinajstić information content (AvgIpc) is 2.42. The maximum Gasteiger partial charge on any atom is 0.259 e. The molecule has 2 aromatic carbocycles. The fourth-order valence-electron chi connectivity index (χ4n) is 1.77. The minimum atomic E-state index is -0.236. The molecule has 0 saturated heterocycles. The van der Waals surface area contributed by atoms with Crippen LogP contribution in [0, 0.1) is 6.92 Å². The van der Waals surface area contributed by atoms with Gasteiger partial charge in [-0.2, -0.15) is 0 Å². The first-order chi connectivity index (χ1) is 9.51. The van der Waals surface area contributed by atoms with Gasteiger partial charge in [-0.15, -0.1) is 0 Å². The number of aryl methyl sites for hydroxylation is 1. The second kappa shape index (κ2) is 6.29. The summed E-state index contributed by atoms with van der Waals surface area (Å²) in [6.07, 6.45) is 0. The van der Waals surface area contributed by atoms with Gasteiger partial charge in [0.05, 0.1) is 12.7 Å². The van der Waals surface area contributed by atoms with Gasteiger partial charge in [-0.1, -0.05) is 33.6 Å². The number of hydrogen-bond acceptors (Lipinski definition) is 2. The van der Waals surface area contributed by atoms with Gasteiger partial charge >= 0.3 is 0 Å². The molecule has 104 valence electrons.